The van der Waals surface area contributed by atoms with Gasteiger partial charge in [0.25, 0.3) is 0 Å². The maximum atomic E-state index is 15.1. The maximum Gasteiger partial charge on any atom is 0.326 e. The number of primary amides is 2. The van der Waals surface area contributed by atoms with E-state index in [0.29, 0.717) is 17.5 Å². The zero-order chi connectivity index (χ0) is 82.7. The van der Waals surface area contributed by atoms with Crippen molar-refractivity contribution in [2.24, 2.45) is 34.6 Å². The van der Waals surface area contributed by atoms with Crippen LogP contribution in [-0.4, -0.2) is 262 Å². The molecule has 40 heteroatoms. The van der Waals surface area contributed by atoms with Gasteiger partial charge in [0.1, 0.15) is 60.1 Å². The third-order valence-corrected chi connectivity index (χ3v) is 18.0. The maximum absolute atomic E-state index is 15.1. The second kappa shape index (κ2) is 51.0. The number of carbonyl (C=O) groups is 17. The number of nitrogens with one attached hydrogen (secondary N) is 11. The molecule has 25 N–H and O–H groups in total. The molecular formula is C71H110N18O21S. The number of aliphatic carboxylic acids is 2. The van der Waals surface area contributed by atoms with Crippen molar-refractivity contribution in [2.75, 3.05) is 71.0 Å². The summed E-state index contributed by atoms with van der Waals surface area (Å²) in [5.74, 6) is -18.0. The minimum absolute atomic E-state index is 0.0700. The number of nitrogens with two attached hydrogens (primary N) is 5. The van der Waals surface area contributed by atoms with E-state index in [1.165, 1.54) is 36.0 Å². The van der Waals surface area contributed by atoms with Crippen LogP contribution in [0.2, 0.25) is 0 Å². The molecule has 0 spiro atoms. The number of hydrogen-bond donors (Lipinski definition) is 20. The molecule has 616 valence electrons. The van der Waals surface area contributed by atoms with Gasteiger partial charge < -0.3 is 117 Å². The molecule has 2 aromatic rings. The van der Waals surface area contributed by atoms with Crippen molar-refractivity contribution >= 4 is 112 Å². The van der Waals surface area contributed by atoms with Gasteiger partial charge in [0.05, 0.1) is 25.7 Å². The van der Waals surface area contributed by atoms with Crippen LogP contribution in [0.3, 0.4) is 0 Å². The largest absolute Gasteiger partial charge is 0.508 e. The van der Waals surface area contributed by atoms with Crippen molar-refractivity contribution in [3.05, 3.63) is 65.7 Å². The number of aliphatic hydroxyl groups is 1. The van der Waals surface area contributed by atoms with Crippen LogP contribution in [0, 0.1) is 5.92 Å². The predicted octanol–water partition coefficient (Wildman–Crippen LogP) is -5.92. The van der Waals surface area contributed by atoms with Crippen LogP contribution in [-0.2, 0) is 94.3 Å². The van der Waals surface area contributed by atoms with E-state index in [1.807, 2.05) is 0 Å². The predicted molar refractivity (Wildman–Crippen MR) is 402 cm³/mol. The summed E-state index contributed by atoms with van der Waals surface area (Å²) in [5.41, 5.74) is 29.6. The van der Waals surface area contributed by atoms with Gasteiger partial charge in [-0.25, -0.2) is 4.79 Å². The van der Waals surface area contributed by atoms with Gasteiger partial charge >= 0.3 is 11.9 Å². The number of carbonyl (C=O) groups excluding carboxylic acids is 15. The number of hydrogen-bond acceptors (Lipinski definition) is 23. The lowest BCUT2D eigenvalue weighted by atomic mass is 10.0. The minimum Gasteiger partial charge on any atom is -0.508 e. The van der Waals surface area contributed by atoms with Crippen molar-refractivity contribution in [1.82, 2.24) is 68.3 Å². The number of thioether (sulfide) groups is 1. The van der Waals surface area contributed by atoms with Crippen LogP contribution in [0.15, 0.2) is 54.6 Å². The number of amides is 15. The van der Waals surface area contributed by atoms with Crippen molar-refractivity contribution < 1.29 is 102 Å². The Labute approximate surface area is 646 Å². The van der Waals surface area contributed by atoms with Gasteiger partial charge in [-0.2, -0.15) is 11.8 Å². The first-order chi connectivity index (χ1) is 52.7. The molecule has 0 saturated carbocycles. The van der Waals surface area contributed by atoms with Crippen LogP contribution in [0.1, 0.15) is 128 Å². The summed E-state index contributed by atoms with van der Waals surface area (Å²) in [6, 6.07) is -2.29. The normalized spacial score (nSPS) is 19.9. The van der Waals surface area contributed by atoms with Crippen LogP contribution in [0.5, 0.6) is 5.75 Å². The number of benzene rings is 2. The number of rotatable bonds is 36. The molecule has 10 atom stereocenters. The van der Waals surface area contributed by atoms with Crippen LogP contribution in [0.25, 0.3) is 0 Å². The highest BCUT2D eigenvalue weighted by Gasteiger charge is 2.37. The van der Waals surface area contributed by atoms with E-state index in [1.54, 1.807) is 50.4 Å². The quantitative estimate of drug-likeness (QED) is 0.0283. The summed E-state index contributed by atoms with van der Waals surface area (Å²) in [6.07, 6.45) is -2.81. The molecule has 1 heterocycles. The molecule has 3 rings (SSSR count). The molecule has 0 radical (unpaired) electrons. The van der Waals surface area contributed by atoms with E-state index in [4.69, 9.17) is 28.7 Å². The molecule has 0 aliphatic carbocycles. The first-order valence-electron chi connectivity index (χ1n) is 36.6. The van der Waals surface area contributed by atoms with Gasteiger partial charge in [-0.05, 0) is 131 Å². The summed E-state index contributed by atoms with van der Waals surface area (Å²) >= 11 is 1.24. The van der Waals surface area contributed by atoms with Crippen molar-refractivity contribution in [3.63, 3.8) is 0 Å². The zero-order valence-electron chi connectivity index (χ0n) is 62.8. The summed E-state index contributed by atoms with van der Waals surface area (Å²) in [7, 11) is 0. The fraction of sp³-hybridized carbons (Fsp3) is 0.592. The van der Waals surface area contributed by atoms with Gasteiger partial charge in [-0.3, -0.25) is 76.7 Å². The molecule has 15 amide bonds. The van der Waals surface area contributed by atoms with Crippen LogP contribution in [0.4, 0.5) is 0 Å². The number of phenolic OH excluding ortho intramolecular Hbond substituents is 1. The summed E-state index contributed by atoms with van der Waals surface area (Å²) in [4.78, 5) is 236. The van der Waals surface area contributed by atoms with Crippen LogP contribution >= 0.6 is 11.8 Å². The van der Waals surface area contributed by atoms with E-state index >= 15 is 4.79 Å². The average Bonchev–Trinajstić information content (AvgIpc) is 0.855. The monoisotopic (exact) mass is 1580 g/mol. The Hall–Kier alpha value is -10.6. The Kier molecular flexibility index (Phi) is 43.5. The third kappa shape index (κ3) is 37.1. The van der Waals surface area contributed by atoms with E-state index < -0.39 is 258 Å². The Balaban J connectivity index is 2.28. The fourth-order valence-corrected chi connectivity index (χ4v) is 11.8. The Bertz CT molecular complexity index is 3470. The number of aliphatic hydroxyl groups excluding tert-OH is 1. The molecule has 2 aromatic carbocycles. The van der Waals surface area contributed by atoms with Crippen molar-refractivity contribution in [1.29, 1.82) is 0 Å². The second-order valence-corrected chi connectivity index (χ2v) is 28.0. The van der Waals surface area contributed by atoms with Gasteiger partial charge in [-0.15, -0.1) is 0 Å². The third-order valence-electron chi connectivity index (χ3n) is 17.4. The highest BCUT2D eigenvalue weighted by molar-refractivity contribution is 7.98. The second-order valence-electron chi connectivity index (χ2n) is 27.0. The highest BCUT2D eigenvalue weighted by atomic mass is 32.2. The molecule has 1 fully saturated rings. The highest BCUT2D eigenvalue weighted by Crippen LogP contribution is 2.16. The van der Waals surface area contributed by atoms with Gasteiger partial charge in [0, 0.05) is 64.7 Å². The average molecular weight is 1580 g/mol. The fourth-order valence-electron chi connectivity index (χ4n) is 11.4. The van der Waals surface area contributed by atoms with E-state index in [2.05, 4.69) is 58.5 Å². The molecule has 0 bridgehead atoms. The molecule has 3 unspecified atom stereocenters. The number of unbranched alkanes of at least 4 members (excludes halogenated alkanes) is 2. The first kappa shape index (κ1) is 94.6. The smallest absolute Gasteiger partial charge is 0.326 e. The zero-order valence-corrected chi connectivity index (χ0v) is 63.6. The van der Waals surface area contributed by atoms with Crippen molar-refractivity contribution in [2.45, 2.75) is 190 Å². The molecule has 0 aromatic heterocycles. The summed E-state index contributed by atoms with van der Waals surface area (Å²) in [5, 5.41) is 67.7. The Morgan fingerprint density at radius 3 is 1.57 bits per heavy atom. The summed E-state index contributed by atoms with van der Waals surface area (Å²) < 4.78 is 0. The van der Waals surface area contributed by atoms with Crippen LogP contribution < -0.4 is 87.2 Å². The molecular weight excluding hydrogens is 1470 g/mol. The lowest BCUT2D eigenvalue weighted by molar-refractivity contribution is -0.143. The van der Waals surface area contributed by atoms with E-state index in [0.717, 1.165) is 9.80 Å². The Morgan fingerprint density at radius 1 is 0.568 bits per heavy atom. The lowest BCUT2D eigenvalue weighted by Crippen LogP contribution is -2.60. The number of aromatic hydroxyl groups is 1. The molecule has 1 aliphatic heterocycles. The molecule has 39 nitrogen and oxygen atoms in total. The standard InChI is InChI=1S/C71H110N18O21S/c1-41(2)35-52(67(105)86-51(71(109)110)20-23-56(76)93)79-59(96)38-88-32-30-77-57(94)24-25-58(95)78-31-33-89(70(108)54(40-90)87-62(100)45(74)36-43-15-17-44(91)18-16-43)39-60(97)80-53(37-42-11-5-4-6-12-42)68(106)84-48(19-22-55(75)92)65(103)81-46(13-7-9-28-72)63(101)83-49(21-26-61(98)99)66(104)82-47(14-8-10-29-73)64(102)85-50(69(88)107)27-34-111-3/h4-6,11-12,15-18,41,45-54,90-91H,7-10,13-14,19-40,72-74H2,1-3H3,(H2,75,92)(H2,76,93)(H,77,94)(H,78,95)(H,79,96)(H,80,97)(H,81,103)(H,82,104)(H,83,101)(H,84,106)(H,85,102)(H,86,105)(H,87,100)(H,98,99)(H,109,110)/t45-,46-,47-,48?,49?,50?,51-,52-,53-,54-/m0/s1. The first-order valence-corrected chi connectivity index (χ1v) is 38.0. The number of carboxylic acids is 2. The molecule has 1 saturated heterocycles. The summed E-state index contributed by atoms with van der Waals surface area (Å²) in [6.45, 7) is -1.29. The van der Waals surface area contributed by atoms with Crippen molar-refractivity contribution in [3.8, 4) is 5.75 Å². The van der Waals surface area contributed by atoms with Gasteiger partial charge in [0.15, 0.2) is 0 Å². The minimum atomic E-state index is -1.80. The molecule has 1 aliphatic rings. The van der Waals surface area contributed by atoms with E-state index in [9.17, 15) is 97.1 Å². The SMILES string of the molecule is CSCCC1NC(=O)[C@H](CCCCN)NC(=O)C(CCC(=O)O)NC(=O)[C@H](CCCCN)NC(=O)C(CCC(N)=O)NC(=O)[C@H](Cc2ccccc2)NC(=O)CN(C(=O)[C@H](CO)NC(=O)[C@@H](N)Cc2ccc(O)cc2)CCNC(=O)CCC(=O)NCCN(CC(=O)N[C@@H](CC(C)C)C(=O)N[C@@H](CCC(N)=O)C(=O)O)C1=O. The lowest BCUT2D eigenvalue weighted by Gasteiger charge is -2.30. The number of nitrogens with zero attached hydrogens (tertiary/aromatic N) is 2. The van der Waals surface area contributed by atoms with E-state index in [-0.39, 0.29) is 88.3 Å². The van der Waals surface area contributed by atoms with Gasteiger partial charge in [-0.1, -0.05) is 56.3 Å². The molecule has 111 heavy (non-hydrogen) atoms. The number of carboxylic acid groups (broad SMARTS) is 2. The Morgan fingerprint density at radius 2 is 1.07 bits per heavy atom. The number of phenols is 1. The van der Waals surface area contributed by atoms with Gasteiger partial charge in [0.2, 0.25) is 88.6 Å². The topological polar surface area (TPSA) is 640 Å².